The molecule has 1 aromatic carbocycles. The molecule has 1 aliphatic heterocycles. The number of imide groups is 1. The van der Waals surface area contributed by atoms with Crippen molar-refractivity contribution >= 4 is 33.2 Å². The fourth-order valence-corrected chi connectivity index (χ4v) is 2.78. The molecule has 1 aromatic rings. The predicted molar refractivity (Wildman–Crippen MR) is 87.7 cm³/mol. The molecule has 2 rings (SSSR count). The van der Waals surface area contributed by atoms with E-state index in [-0.39, 0.29) is 23.7 Å². The number of primary sulfonamides is 1. The molecule has 4 N–H and O–H groups in total. The summed E-state index contributed by atoms with van der Waals surface area (Å²) in [6.07, 6.45) is 1.10. The number of carbonyl (C=O) groups is 2. The number of rotatable bonds is 6. The molecule has 0 radical (unpaired) electrons. The molecule has 10 heteroatoms. The van der Waals surface area contributed by atoms with E-state index in [9.17, 15) is 18.0 Å². The minimum absolute atomic E-state index is 0.0110. The Bertz CT molecular complexity index is 816. The van der Waals surface area contributed by atoms with E-state index >= 15 is 0 Å². The number of hydrogen-bond donors (Lipinski definition) is 3. The molecular formula is C14H18N4O5S. The first kappa shape index (κ1) is 17.9. The van der Waals surface area contributed by atoms with E-state index in [1.54, 1.807) is 19.0 Å². The molecule has 9 nitrogen and oxygen atoms in total. The van der Waals surface area contributed by atoms with Crippen molar-refractivity contribution in [1.29, 1.82) is 0 Å². The van der Waals surface area contributed by atoms with Crippen LogP contribution in [0.3, 0.4) is 0 Å². The summed E-state index contributed by atoms with van der Waals surface area (Å²) in [5.74, 6) is -1.15. The van der Waals surface area contributed by atoms with Crippen molar-refractivity contribution < 1.29 is 23.1 Å². The highest BCUT2D eigenvalue weighted by molar-refractivity contribution is 7.89. The van der Waals surface area contributed by atoms with Crippen molar-refractivity contribution in [1.82, 2.24) is 4.90 Å². The maximum atomic E-state index is 12.2. The minimum Gasteiger partial charge on any atom is -0.395 e. The summed E-state index contributed by atoms with van der Waals surface area (Å²) in [4.78, 5) is 26.4. The van der Waals surface area contributed by atoms with Gasteiger partial charge in [0.15, 0.2) is 0 Å². The van der Waals surface area contributed by atoms with E-state index in [0.29, 0.717) is 11.4 Å². The van der Waals surface area contributed by atoms with Gasteiger partial charge in [0.05, 0.1) is 29.4 Å². The molecule has 1 aliphatic rings. The number of nitrogens with zero attached hydrogens (tertiary/aromatic N) is 2. The lowest BCUT2D eigenvalue weighted by molar-refractivity contribution is -0.137. The summed E-state index contributed by atoms with van der Waals surface area (Å²) in [6.45, 7) is -0.459. The fourth-order valence-electron chi connectivity index (χ4n) is 2.24. The molecule has 0 saturated heterocycles. The number of hydrogen-bond acceptors (Lipinski definition) is 7. The Balaban J connectivity index is 2.40. The monoisotopic (exact) mass is 354 g/mol. The van der Waals surface area contributed by atoms with Crippen molar-refractivity contribution in [2.24, 2.45) is 5.14 Å². The molecule has 1 heterocycles. The van der Waals surface area contributed by atoms with Gasteiger partial charge in [0.25, 0.3) is 11.8 Å². The summed E-state index contributed by atoms with van der Waals surface area (Å²) in [5, 5.41) is 16.8. The molecule has 0 aliphatic carbocycles. The van der Waals surface area contributed by atoms with Crippen molar-refractivity contribution in [3.8, 4) is 0 Å². The quantitative estimate of drug-likeness (QED) is 0.561. The second-order valence-corrected chi connectivity index (χ2v) is 6.88. The minimum atomic E-state index is -3.92. The Morgan fingerprint density at radius 3 is 2.50 bits per heavy atom. The molecule has 2 amide bonds. The molecule has 0 saturated carbocycles. The van der Waals surface area contributed by atoms with Gasteiger partial charge in [-0.3, -0.25) is 14.5 Å². The predicted octanol–water partition coefficient (Wildman–Crippen LogP) is -0.943. The third-order valence-corrected chi connectivity index (χ3v) is 4.29. The molecule has 0 fully saturated rings. The van der Waals surface area contributed by atoms with Crippen molar-refractivity contribution in [3.05, 3.63) is 30.0 Å². The van der Waals surface area contributed by atoms with Crippen LogP contribution in [0.2, 0.25) is 0 Å². The normalized spacial score (nSPS) is 14.8. The third-order valence-electron chi connectivity index (χ3n) is 3.38. The van der Waals surface area contributed by atoms with Crippen molar-refractivity contribution in [2.75, 3.05) is 37.5 Å². The van der Waals surface area contributed by atoms with Gasteiger partial charge in [0.1, 0.15) is 5.70 Å². The first-order valence-electron chi connectivity index (χ1n) is 6.94. The Morgan fingerprint density at radius 1 is 1.29 bits per heavy atom. The Hall–Kier alpha value is -2.43. The number of β-amino-alcohol motifs (C(OH)–C–C–N with tert-alkyl or cyclic N) is 1. The van der Waals surface area contributed by atoms with Crippen LogP contribution in [-0.4, -0.2) is 57.5 Å². The maximum Gasteiger partial charge on any atom is 0.277 e. The van der Waals surface area contributed by atoms with E-state index in [1.807, 2.05) is 0 Å². The van der Waals surface area contributed by atoms with Gasteiger partial charge in [0.2, 0.25) is 10.0 Å². The largest absolute Gasteiger partial charge is 0.395 e. The van der Waals surface area contributed by atoms with Gasteiger partial charge in [-0.15, -0.1) is 0 Å². The molecule has 0 spiro atoms. The van der Waals surface area contributed by atoms with Crippen LogP contribution in [-0.2, 0) is 19.6 Å². The summed E-state index contributed by atoms with van der Waals surface area (Å²) < 4.78 is 23.0. The van der Waals surface area contributed by atoms with Crippen LogP contribution < -0.4 is 15.4 Å². The second-order valence-electron chi connectivity index (χ2n) is 5.32. The Kier molecular flexibility index (Phi) is 4.92. The van der Waals surface area contributed by atoms with Crippen molar-refractivity contribution in [2.45, 2.75) is 4.90 Å². The third kappa shape index (κ3) is 3.55. The zero-order chi connectivity index (χ0) is 18.1. The van der Waals surface area contributed by atoms with Crippen LogP contribution in [0.1, 0.15) is 0 Å². The molecule has 24 heavy (non-hydrogen) atoms. The summed E-state index contributed by atoms with van der Waals surface area (Å²) >= 11 is 0. The highest BCUT2D eigenvalue weighted by atomic mass is 32.2. The van der Waals surface area contributed by atoms with E-state index in [2.05, 4.69) is 5.32 Å². The molecule has 0 unspecified atom stereocenters. The second kappa shape index (κ2) is 6.59. The van der Waals surface area contributed by atoms with E-state index in [4.69, 9.17) is 10.2 Å². The van der Waals surface area contributed by atoms with Gasteiger partial charge in [-0.2, -0.15) is 0 Å². The molecule has 130 valence electrons. The van der Waals surface area contributed by atoms with Gasteiger partial charge in [-0.1, -0.05) is 0 Å². The van der Waals surface area contributed by atoms with Crippen LogP contribution in [0.5, 0.6) is 0 Å². The zero-order valence-electron chi connectivity index (χ0n) is 13.2. The first-order valence-corrected chi connectivity index (χ1v) is 8.49. The number of aliphatic hydroxyl groups excluding tert-OH is 1. The number of carbonyl (C=O) groups excluding carboxylic acids is 2. The van der Waals surface area contributed by atoms with Gasteiger partial charge in [-0.05, 0) is 18.2 Å². The number of anilines is 2. The average molecular weight is 354 g/mol. The fraction of sp³-hybridized carbons (Fsp3) is 0.286. The smallest absolute Gasteiger partial charge is 0.277 e. The molecule has 0 aromatic heterocycles. The van der Waals surface area contributed by atoms with Crippen LogP contribution in [0.4, 0.5) is 11.4 Å². The topological polar surface area (TPSA) is 133 Å². The Labute approximate surface area is 139 Å². The van der Waals surface area contributed by atoms with Crippen molar-refractivity contribution in [3.63, 3.8) is 0 Å². The lowest BCUT2D eigenvalue weighted by Crippen LogP contribution is -2.34. The van der Waals surface area contributed by atoms with E-state index in [0.717, 1.165) is 11.0 Å². The standard InChI is InChI=1S/C14H18N4O5S/c1-17(2)12-4-3-9(24(15,22)23)7-10(12)16-11-8-13(20)18(5-6-19)14(11)21/h3-4,7-8,16,19H,5-6H2,1-2H3,(H2,15,22,23). The van der Waals surface area contributed by atoms with Gasteiger partial charge >= 0.3 is 0 Å². The number of nitrogens with one attached hydrogen (secondary N) is 1. The summed E-state index contributed by atoms with van der Waals surface area (Å²) in [7, 11) is -0.436. The molecule has 0 atom stereocenters. The Morgan fingerprint density at radius 2 is 1.96 bits per heavy atom. The van der Waals surface area contributed by atoms with Crippen LogP contribution in [0.15, 0.2) is 34.9 Å². The SMILES string of the molecule is CN(C)c1ccc(S(N)(=O)=O)cc1NC1=CC(=O)N(CCO)C1=O. The molecular weight excluding hydrogens is 336 g/mol. The number of sulfonamides is 1. The van der Waals surface area contributed by atoms with E-state index < -0.39 is 21.8 Å². The maximum absolute atomic E-state index is 12.2. The highest BCUT2D eigenvalue weighted by Gasteiger charge is 2.31. The lowest BCUT2D eigenvalue weighted by Gasteiger charge is -2.20. The van der Waals surface area contributed by atoms with Crippen LogP contribution in [0.25, 0.3) is 0 Å². The number of nitrogens with two attached hydrogens (primary N) is 1. The first-order chi connectivity index (χ1) is 11.1. The number of amides is 2. The van der Waals surface area contributed by atoms with Crippen LogP contribution in [0, 0.1) is 0 Å². The highest BCUT2D eigenvalue weighted by Crippen LogP contribution is 2.29. The van der Waals surface area contributed by atoms with Gasteiger partial charge in [-0.25, -0.2) is 13.6 Å². The molecule has 0 bridgehead atoms. The summed E-state index contributed by atoms with van der Waals surface area (Å²) in [5.41, 5.74) is 0.900. The summed E-state index contributed by atoms with van der Waals surface area (Å²) in [6, 6.07) is 4.18. The average Bonchev–Trinajstić information content (AvgIpc) is 2.74. The van der Waals surface area contributed by atoms with E-state index in [1.165, 1.54) is 18.2 Å². The zero-order valence-corrected chi connectivity index (χ0v) is 14.0. The number of aliphatic hydroxyl groups is 1. The van der Waals surface area contributed by atoms with Crippen LogP contribution >= 0.6 is 0 Å². The van der Waals surface area contributed by atoms with Gasteiger partial charge < -0.3 is 15.3 Å². The lowest BCUT2D eigenvalue weighted by atomic mass is 10.2. The van der Waals surface area contributed by atoms with Gasteiger partial charge in [0, 0.05) is 20.2 Å². The number of benzene rings is 1.